The lowest BCUT2D eigenvalue weighted by atomic mass is 9.60. The van der Waals surface area contributed by atoms with Crippen LogP contribution in [0.4, 0.5) is 13.2 Å². The Morgan fingerprint density at radius 1 is 1.27 bits per heavy atom. The van der Waals surface area contributed by atoms with E-state index in [9.17, 15) is 26.4 Å². The number of sulfone groups is 1. The van der Waals surface area contributed by atoms with Crippen LogP contribution in [0.25, 0.3) is 0 Å². The summed E-state index contributed by atoms with van der Waals surface area (Å²) in [5, 5.41) is 2.87. The Morgan fingerprint density at radius 3 is 2.47 bits per heavy atom. The van der Waals surface area contributed by atoms with E-state index in [1.165, 1.54) is 6.92 Å². The fourth-order valence-electron chi connectivity index (χ4n) is 4.67. The first kappa shape index (κ1) is 23.0. The standard InChI is InChI=1S/C21H29F3N2O3S/c1-3-6-30(28,29)12-16-9-20(10-16,8-15-4-5-15)13-26-19(27)17-11-25-18(7-14(17)2)21(22,23)24/h7,11,15-16H,3-6,8-10,12-13H2,1-2H3,(H,26,27). The number of rotatable bonds is 9. The van der Waals surface area contributed by atoms with Crippen LogP contribution in [0.3, 0.4) is 0 Å². The monoisotopic (exact) mass is 446 g/mol. The highest BCUT2D eigenvalue weighted by molar-refractivity contribution is 7.91. The van der Waals surface area contributed by atoms with Gasteiger partial charge in [0.1, 0.15) is 5.69 Å². The number of aryl methyl sites for hydroxylation is 1. The van der Waals surface area contributed by atoms with Crippen molar-refractivity contribution >= 4 is 15.7 Å². The second kappa shape index (κ2) is 8.48. The van der Waals surface area contributed by atoms with E-state index >= 15 is 0 Å². The zero-order chi connectivity index (χ0) is 22.2. The van der Waals surface area contributed by atoms with E-state index in [1.807, 2.05) is 6.92 Å². The first-order valence-electron chi connectivity index (χ1n) is 10.5. The van der Waals surface area contributed by atoms with Crippen molar-refractivity contribution in [3.8, 4) is 0 Å². The van der Waals surface area contributed by atoms with Gasteiger partial charge >= 0.3 is 6.18 Å². The minimum Gasteiger partial charge on any atom is -0.351 e. The number of nitrogens with one attached hydrogen (secondary N) is 1. The molecule has 30 heavy (non-hydrogen) atoms. The van der Waals surface area contributed by atoms with Crippen molar-refractivity contribution < 1.29 is 26.4 Å². The van der Waals surface area contributed by atoms with Crippen molar-refractivity contribution in [2.24, 2.45) is 17.3 Å². The number of alkyl halides is 3. The average Bonchev–Trinajstić information content (AvgIpc) is 3.40. The van der Waals surface area contributed by atoms with Crippen LogP contribution in [0.5, 0.6) is 0 Å². The quantitative estimate of drug-likeness (QED) is 0.618. The van der Waals surface area contributed by atoms with Crippen LogP contribution in [0.1, 0.15) is 67.1 Å². The number of hydrogen-bond acceptors (Lipinski definition) is 4. The Balaban J connectivity index is 1.61. The second-order valence-electron chi connectivity index (χ2n) is 9.10. The maximum atomic E-state index is 12.8. The first-order chi connectivity index (χ1) is 13.9. The summed E-state index contributed by atoms with van der Waals surface area (Å²) in [6, 6.07) is 0.882. The predicted molar refractivity (Wildman–Crippen MR) is 108 cm³/mol. The minimum absolute atomic E-state index is 0.115. The van der Waals surface area contributed by atoms with Crippen LogP contribution in [-0.2, 0) is 16.0 Å². The zero-order valence-electron chi connectivity index (χ0n) is 17.4. The Labute approximate surface area is 175 Å². The molecule has 0 aromatic carbocycles. The first-order valence-corrected chi connectivity index (χ1v) is 12.3. The van der Waals surface area contributed by atoms with Crippen LogP contribution < -0.4 is 5.32 Å². The number of nitrogens with zero attached hydrogens (tertiary/aromatic N) is 1. The molecule has 1 aromatic heterocycles. The van der Waals surface area contributed by atoms with Gasteiger partial charge in [-0.3, -0.25) is 9.78 Å². The van der Waals surface area contributed by atoms with Gasteiger partial charge in [0.25, 0.3) is 5.91 Å². The lowest BCUT2D eigenvalue weighted by molar-refractivity contribution is -0.141. The molecule has 0 aliphatic heterocycles. The van der Waals surface area contributed by atoms with Crippen LogP contribution in [0.2, 0.25) is 0 Å². The molecular weight excluding hydrogens is 417 g/mol. The molecule has 2 fully saturated rings. The third kappa shape index (κ3) is 5.74. The lowest BCUT2D eigenvalue weighted by Crippen LogP contribution is -2.48. The fraction of sp³-hybridized carbons (Fsp3) is 0.714. The Kier molecular flexibility index (Phi) is 6.51. The van der Waals surface area contributed by atoms with Gasteiger partial charge in [-0.25, -0.2) is 8.42 Å². The van der Waals surface area contributed by atoms with Gasteiger partial charge in [0.05, 0.1) is 11.3 Å². The fourth-order valence-corrected chi connectivity index (χ4v) is 6.41. The van der Waals surface area contributed by atoms with E-state index < -0.39 is 27.6 Å². The summed E-state index contributed by atoms with van der Waals surface area (Å²) in [6.45, 7) is 3.72. The van der Waals surface area contributed by atoms with Crippen LogP contribution >= 0.6 is 0 Å². The summed E-state index contributed by atoms with van der Waals surface area (Å²) in [5.74, 6) is 0.710. The maximum Gasteiger partial charge on any atom is 0.433 e. The van der Waals surface area contributed by atoms with Gasteiger partial charge in [0.2, 0.25) is 0 Å². The summed E-state index contributed by atoms with van der Waals surface area (Å²) < 4.78 is 62.6. The topological polar surface area (TPSA) is 76.1 Å². The molecule has 0 spiro atoms. The van der Waals surface area contributed by atoms with Crippen LogP contribution in [0, 0.1) is 24.2 Å². The highest BCUT2D eigenvalue weighted by Crippen LogP contribution is 2.53. The van der Waals surface area contributed by atoms with Crippen molar-refractivity contribution in [3.05, 3.63) is 29.1 Å². The van der Waals surface area contributed by atoms with Crippen molar-refractivity contribution in [2.45, 2.75) is 58.5 Å². The van der Waals surface area contributed by atoms with Crippen LogP contribution in [-0.4, -0.2) is 37.4 Å². The molecule has 1 amide bonds. The van der Waals surface area contributed by atoms with E-state index in [1.54, 1.807) is 0 Å². The molecule has 2 aliphatic rings. The molecule has 5 nitrogen and oxygen atoms in total. The Morgan fingerprint density at radius 2 is 1.93 bits per heavy atom. The van der Waals surface area contributed by atoms with E-state index in [0.717, 1.165) is 44.4 Å². The normalized spacial score (nSPS) is 24.4. The molecule has 1 aromatic rings. The van der Waals surface area contributed by atoms with E-state index in [0.29, 0.717) is 18.9 Å². The van der Waals surface area contributed by atoms with Crippen LogP contribution in [0.15, 0.2) is 12.3 Å². The molecule has 3 rings (SSSR count). The molecular formula is C21H29F3N2O3S. The summed E-state index contributed by atoms with van der Waals surface area (Å²) in [5.41, 5.74) is -0.776. The highest BCUT2D eigenvalue weighted by Gasteiger charge is 2.48. The molecule has 1 heterocycles. The van der Waals surface area contributed by atoms with Crippen molar-refractivity contribution in [2.75, 3.05) is 18.1 Å². The SMILES string of the molecule is CCCS(=O)(=O)CC1CC(CNC(=O)c2cnc(C(F)(F)F)cc2C)(CC2CC2)C1. The summed E-state index contributed by atoms with van der Waals surface area (Å²) in [4.78, 5) is 16.0. The molecule has 0 unspecified atom stereocenters. The summed E-state index contributed by atoms with van der Waals surface area (Å²) in [7, 11) is -3.04. The number of halogens is 3. The van der Waals surface area contributed by atoms with Gasteiger partial charge in [-0.15, -0.1) is 0 Å². The van der Waals surface area contributed by atoms with Crippen molar-refractivity contribution in [1.82, 2.24) is 10.3 Å². The number of amides is 1. The molecule has 9 heteroatoms. The number of pyridine rings is 1. The number of carbonyl (C=O) groups is 1. The minimum atomic E-state index is -4.55. The van der Waals surface area contributed by atoms with Gasteiger partial charge in [0.15, 0.2) is 9.84 Å². The third-order valence-electron chi connectivity index (χ3n) is 6.14. The maximum absolute atomic E-state index is 12.8. The van der Waals surface area contributed by atoms with Gasteiger partial charge in [-0.1, -0.05) is 19.8 Å². The average molecular weight is 447 g/mol. The van der Waals surface area contributed by atoms with Gasteiger partial charge in [-0.2, -0.15) is 13.2 Å². The van der Waals surface area contributed by atoms with Gasteiger partial charge in [0, 0.05) is 18.5 Å². The third-order valence-corrected chi connectivity index (χ3v) is 8.15. The van der Waals surface area contributed by atoms with Gasteiger partial charge in [-0.05, 0) is 61.5 Å². The largest absolute Gasteiger partial charge is 0.433 e. The highest BCUT2D eigenvalue weighted by atomic mass is 32.2. The van der Waals surface area contributed by atoms with E-state index in [2.05, 4.69) is 10.3 Å². The molecule has 0 radical (unpaired) electrons. The zero-order valence-corrected chi connectivity index (χ0v) is 18.2. The molecule has 2 saturated carbocycles. The summed E-state index contributed by atoms with van der Waals surface area (Å²) >= 11 is 0. The molecule has 0 bridgehead atoms. The van der Waals surface area contributed by atoms with Gasteiger partial charge < -0.3 is 5.32 Å². The van der Waals surface area contributed by atoms with E-state index in [-0.39, 0.29) is 34.0 Å². The molecule has 1 N–H and O–H groups in total. The van der Waals surface area contributed by atoms with Crippen molar-refractivity contribution in [1.29, 1.82) is 0 Å². The van der Waals surface area contributed by atoms with E-state index in [4.69, 9.17) is 0 Å². The molecule has 168 valence electrons. The number of aromatic nitrogens is 1. The Bertz CT molecular complexity index is 889. The van der Waals surface area contributed by atoms with Crippen molar-refractivity contribution in [3.63, 3.8) is 0 Å². The second-order valence-corrected chi connectivity index (χ2v) is 11.3. The lowest BCUT2D eigenvalue weighted by Gasteiger charge is -2.48. The molecule has 2 aliphatic carbocycles. The molecule has 0 atom stereocenters. The Hall–Kier alpha value is -1.64. The summed E-state index contributed by atoms with van der Waals surface area (Å²) in [6.07, 6.45) is 1.84. The predicted octanol–water partition coefficient (Wildman–Crippen LogP) is 4.16. The number of carbonyl (C=O) groups excluding carboxylic acids is 1. The number of hydrogen-bond donors (Lipinski definition) is 1. The smallest absolute Gasteiger partial charge is 0.351 e. The molecule has 0 saturated heterocycles.